The number of ether oxygens (including phenoxy) is 2. The molecule has 0 spiro atoms. The Hall–Kier alpha value is -0.260. The molecule has 2 fully saturated rings. The van der Waals surface area contributed by atoms with Crippen LogP contribution in [-0.2, 0) is 14.3 Å². The first kappa shape index (κ1) is 15.1. The standard InChI is InChI=1S/C14H24O4S/c1-8(2)10-5-4-9(3)6-11(10)17-13(16)14-18-12(15)7-19-14/h8-12,14-15H,4-7H2,1-3H3/t9-,10+,11-,12-,14-/m1/s1. The van der Waals surface area contributed by atoms with Crippen LogP contribution in [0.3, 0.4) is 0 Å². The summed E-state index contributed by atoms with van der Waals surface area (Å²) in [5.41, 5.74) is -0.653. The molecule has 2 aliphatic rings. The van der Waals surface area contributed by atoms with Crippen molar-refractivity contribution < 1.29 is 19.4 Å². The number of aliphatic hydroxyl groups is 1. The van der Waals surface area contributed by atoms with Crippen LogP contribution in [0.2, 0.25) is 0 Å². The van der Waals surface area contributed by atoms with Crippen LogP contribution in [-0.4, -0.2) is 34.7 Å². The van der Waals surface area contributed by atoms with Gasteiger partial charge in [-0.3, -0.25) is 0 Å². The van der Waals surface area contributed by atoms with E-state index in [-0.39, 0.29) is 12.1 Å². The van der Waals surface area contributed by atoms with Crippen LogP contribution < -0.4 is 0 Å². The minimum absolute atomic E-state index is 0.00167. The van der Waals surface area contributed by atoms with Crippen LogP contribution in [0.15, 0.2) is 0 Å². The fraction of sp³-hybridized carbons (Fsp3) is 0.929. The molecule has 0 aromatic carbocycles. The highest BCUT2D eigenvalue weighted by atomic mass is 32.2. The molecule has 5 heteroatoms. The number of carbonyl (C=O) groups excluding carboxylic acids is 1. The molecule has 0 bridgehead atoms. The molecule has 5 atom stereocenters. The maximum atomic E-state index is 12.1. The molecule has 0 aromatic rings. The molecule has 0 radical (unpaired) electrons. The van der Waals surface area contributed by atoms with E-state index < -0.39 is 11.7 Å². The third-order valence-corrected chi connectivity index (χ3v) is 5.18. The van der Waals surface area contributed by atoms with E-state index in [0.717, 1.165) is 12.8 Å². The third-order valence-electron chi connectivity index (χ3n) is 4.09. The van der Waals surface area contributed by atoms with Crippen molar-refractivity contribution in [2.45, 2.75) is 57.9 Å². The van der Waals surface area contributed by atoms with Gasteiger partial charge in [0.2, 0.25) is 5.44 Å². The lowest BCUT2D eigenvalue weighted by molar-refractivity contribution is -0.172. The Balaban J connectivity index is 1.92. The summed E-state index contributed by atoms with van der Waals surface area (Å²) in [6.45, 7) is 6.58. The average molecular weight is 288 g/mol. The Morgan fingerprint density at radius 3 is 2.74 bits per heavy atom. The molecule has 4 nitrogen and oxygen atoms in total. The van der Waals surface area contributed by atoms with Gasteiger partial charge in [0, 0.05) is 5.75 Å². The second-order valence-corrected chi connectivity index (χ2v) is 7.15. The van der Waals surface area contributed by atoms with Crippen molar-refractivity contribution in [3.05, 3.63) is 0 Å². The van der Waals surface area contributed by atoms with Gasteiger partial charge < -0.3 is 14.6 Å². The SMILES string of the molecule is CC(C)[C@@H]1CC[C@@H](C)C[C@H]1OC(=O)[C@@H]1O[C@@H](O)CS1. The van der Waals surface area contributed by atoms with Gasteiger partial charge in [-0.2, -0.15) is 0 Å². The molecule has 1 aliphatic heterocycles. The Morgan fingerprint density at radius 1 is 1.42 bits per heavy atom. The van der Waals surface area contributed by atoms with Crippen LogP contribution in [0.5, 0.6) is 0 Å². The number of rotatable bonds is 3. The molecule has 1 saturated heterocycles. The zero-order chi connectivity index (χ0) is 14.0. The highest BCUT2D eigenvalue weighted by molar-refractivity contribution is 8.00. The molecule has 0 aromatic heterocycles. The molecule has 110 valence electrons. The van der Waals surface area contributed by atoms with E-state index in [0.29, 0.717) is 23.5 Å². The number of hydrogen-bond acceptors (Lipinski definition) is 5. The molecule has 1 heterocycles. The van der Waals surface area contributed by atoms with Crippen molar-refractivity contribution in [2.75, 3.05) is 5.75 Å². The molecular formula is C14H24O4S. The number of hydrogen-bond donors (Lipinski definition) is 1. The second kappa shape index (κ2) is 6.46. The van der Waals surface area contributed by atoms with E-state index >= 15 is 0 Å². The van der Waals surface area contributed by atoms with Gasteiger partial charge in [0.1, 0.15) is 6.10 Å². The van der Waals surface area contributed by atoms with Gasteiger partial charge >= 0.3 is 5.97 Å². The normalized spacial score (nSPS) is 39.5. The van der Waals surface area contributed by atoms with Crippen molar-refractivity contribution in [1.29, 1.82) is 0 Å². The van der Waals surface area contributed by atoms with Crippen molar-refractivity contribution >= 4 is 17.7 Å². The lowest BCUT2D eigenvalue weighted by Gasteiger charge is -2.37. The average Bonchev–Trinajstić information content (AvgIpc) is 2.75. The highest BCUT2D eigenvalue weighted by Gasteiger charge is 2.37. The Kier molecular flexibility index (Phi) is 5.15. The van der Waals surface area contributed by atoms with E-state index in [2.05, 4.69) is 20.8 Å². The zero-order valence-corrected chi connectivity index (χ0v) is 12.7. The van der Waals surface area contributed by atoms with E-state index in [4.69, 9.17) is 9.47 Å². The van der Waals surface area contributed by atoms with Crippen molar-refractivity contribution in [3.63, 3.8) is 0 Å². The zero-order valence-electron chi connectivity index (χ0n) is 11.9. The van der Waals surface area contributed by atoms with Crippen molar-refractivity contribution in [2.24, 2.45) is 17.8 Å². The third kappa shape index (κ3) is 3.86. The summed E-state index contributed by atoms with van der Waals surface area (Å²) in [4.78, 5) is 12.1. The minimum Gasteiger partial charge on any atom is -0.459 e. The van der Waals surface area contributed by atoms with Crippen LogP contribution >= 0.6 is 11.8 Å². The largest absolute Gasteiger partial charge is 0.459 e. The van der Waals surface area contributed by atoms with Crippen LogP contribution in [0, 0.1) is 17.8 Å². The van der Waals surface area contributed by atoms with E-state index in [1.54, 1.807) is 0 Å². The van der Waals surface area contributed by atoms with Crippen molar-refractivity contribution in [3.8, 4) is 0 Å². The Labute approximate surface area is 119 Å². The fourth-order valence-corrected chi connectivity index (χ4v) is 3.79. The van der Waals surface area contributed by atoms with Gasteiger partial charge in [0.15, 0.2) is 6.29 Å². The van der Waals surface area contributed by atoms with Gasteiger partial charge in [-0.1, -0.05) is 27.2 Å². The Bertz CT molecular complexity index is 321. The first-order valence-corrected chi connectivity index (χ1v) is 8.18. The van der Waals surface area contributed by atoms with Crippen molar-refractivity contribution in [1.82, 2.24) is 0 Å². The molecule has 1 saturated carbocycles. The Morgan fingerprint density at radius 2 is 2.16 bits per heavy atom. The second-order valence-electron chi connectivity index (χ2n) is 6.06. The van der Waals surface area contributed by atoms with Gasteiger partial charge in [0.25, 0.3) is 0 Å². The number of thioether (sulfide) groups is 1. The van der Waals surface area contributed by atoms with E-state index in [1.807, 2.05) is 0 Å². The minimum atomic E-state index is -0.839. The molecule has 1 aliphatic carbocycles. The maximum Gasteiger partial charge on any atom is 0.346 e. The monoisotopic (exact) mass is 288 g/mol. The summed E-state index contributed by atoms with van der Waals surface area (Å²) in [5.74, 6) is 1.68. The summed E-state index contributed by atoms with van der Waals surface area (Å²) in [6.07, 6.45) is 2.43. The van der Waals surface area contributed by atoms with Gasteiger partial charge in [0.05, 0.1) is 0 Å². The molecule has 19 heavy (non-hydrogen) atoms. The fourth-order valence-electron chi connectivity index (χ4n) is 2.97. The lowest BCUT2D eigenvalue weighted by Crippen LogP contribution is -2.38. The summed E-state index contributed by atoms with van der Waals surface area (Å²) in [5, 5.41) is 9.29. The molecular weight excluding hydrogens is 264 g/mol. The van der Waals surface area contributed by atoms with Gasteiger partial charge in [-0.15, -0.1) is 11.8 Å². The maximum absolute atomic E-state index is 12.1. The number of esters is 1. The van der Waals surface area contributed by atoms with Crippen LogP contribution in [0.25, 0.3) is 0 Å². The number of aliphatic hydroxyl groups excluding tert-OH is 1. The van der Waals surface area contributed by atoms with E-state index in [9.17, 15) is 9.90 Å². The predicted molar refractivity (Wildman–Crippen MR) is 74.6 cm³/mol. The van der Waals surface area contributed by atoms with Crippen LogP contribution in [0.4, 0.5) is 0 Å². The smallest absolute Gasteiger partial charge is 0.346 e. The first-order chi connectivity index (χ1) is 8.97. The summed E-state index contributed by atoms with van der Waals surface area (Å²) < 4.78 is 10.8. The van der Waals surface area contributed by atoms with E-state index in [1.165, 1.54) is 18.2 Å². The number of carbonyl (C=O) groups is 1. The van der Waals surface area contributed by atoms with Gasteiger partial charge in [-0.25, -0.2) is 4.79 Å². The molecule has 2 rings (SSSR count). The first-order valence-electron chi connectivity index (χ1n) is 7.13. The molecule has 1 N–H and O–H groups in total. The summed E-state index contributed by atoms with van der Waals surface area (Å²) in [7, 11) is 0. The molecule has 0 amide bonds. The summed E-state index contributed by atoms with van der Waals surface area (Å²) in [6, 6.07) is 0. The quantitative estimate of drug-likeness (QED) is 0.808. The van der Waals surface area contributed by atoms with Crippen LogP contribution in [0.1, 0.15) is 40.0 Å². The predicted octanol–water partition coefficient (Wildman–Crippen LogP) is 2.40. The lowest BCUT2D eigenvalue weighted by atomic mass is 9.75. The summed E-state index contributed by atoms with van der Waals surface area (Å²) >= 11 is 1.31. The van der Waals surface area contributed by atoms with Gasteiger partial charge in [-0.05, 0) is 30.6 Å². The topological polar surface area (TPSA) is 55.8 Å². The molecule has 0 unspecified atom stereocenters. The highest BCUT2D eigenvalue weighted by Crippen LogP contribution is 2.36.